The van der Waals surface area contributed by atoms with Crippen LogP contribution >= 0.6 is 0 Å². The minimum Gasteiger partial charge on any atom is -0.454 e. The lowest BCUT2D eigenvalue weighted by molar-refractivity contribution is 0.174. The van der Waals surface area contributed by atoms with Crippen LogP contribution in [0.3, 0.4) is 0 Å². The zero-order valence-corrected chi connectivity index (χ0v) is 10.3. The summed E-state index contributed by atoms with van der Waals surface area (Å²) in [5.74, 6) is 1.73. The molecule has 0 spiro atoms. The Morgan fingerprint density at radius 3 is 2.88 bits per heavy atom. The lowest BCUT2D eigenvalue weighted by Gasteiger charge is -2.05. The van der Waals surface area contributed by atoms with Gasteiger partial charge in [0.05, 0.1) is 0 Å². The van der Waals surface area contributed by atoms with E-state index in [2.05, 4.69) is 22.8 Å². The van der Waals surface area contributed by atoms with Crippen LogP contribution in [0.15, 0.2) is 18.2 Å². The van der Waals surface area contributed by atoms with Gasteiger partial charge < -0.3 is 20.1 Å². The van der Waals surface area contributed by atoms with Crippen molar-refractivity contribution in [2.24, 2.45) is 0 Å². The maximum absolute atomic E-state index is 5.35. The van der Waals surface area contributed by atoms with E-state index in [-0.39, 0.29) is 0 Å². The van der Waals surface area contributed by atoms with Gasteiger partial charge in [0.2, 0.25) is 6.79 Å². The van der Waals surface area contributed by atoms with E-state index < -0.39 is 0 Å². The van der Waals surface area contributed by atoms with E-state index in [0.717, 1.165) is 44.0 Å². The quantitative estimate of drug-likeness (QED) is 0.697. The van der Waals surface area contributed by atoms with Crippen LogP contribution in [-0.4, -0.2) is 33.5 Å². The van der Waals surface area contributed by atoms with Crippen molar-refractivity contribution < 1.29 is 9.47 Å². The maximum atomic E-state index is 5.35. The number of benzene rings is 1. The molecule has 4 nitrogen and oxygen atoms in total. The normalized spacial score (nSPS) is 13.0. The molecule has 0 amide bonds. The summed E-state index contributed by atoms with van der Waals surface area (Å²) in [7, 11) is 1.98. The summed E-state index contributed by atoms with van der Waals surface area (Å²) in [6, 6.07) is 6.15. The lowest BCUT2D eigenvalue weighted by atomic mass is 10.1. The largest absolute Gasteiger partial charge is 0.454 e. The number of rotatable bonds is 7. The SMILES string of the molecule is CNCCCNCCc1ccc2c(c1)OCO2. The molecular weight excluding hydrogens is 216 g/mol. The van der Waals surface area contributed by atoms with Gasteiger partial charge in [-0.2, -0.15) is 0 Å². The number of fused-ring (bicyclic) bond motifs is 1. The Bertz CT molecular complexity index is 355. The van der Waals surface area contributed by atoms with Crippen molar-refractivity contribution in [3.05, 3.63) is 23.8 Å². The van der Waals surface area contributed by atoms with Gasteiger partial charge in [0.15, 0.2) is 11.5 Å². The minimum absolute atomic E-state index is 0.348. The van der Waals surface area contributed by atoms with Gasteiger partial charge in [-0.05, 0) is 57.2 Å². The molecule has 0 atom stereocenters. The Balaban J connectivity index is 1.69. The monoisotopic (exact) mass is 236 g/mol. The molecule has 1 aromatic carbocycles. The van der Waals surface area contributed by atoms with Crippen LogP contribution in [0.25, 0.3) is 0 Å². The molecule has 0 bridgehead atoms. The van der Waals surface area contributed by atoms with Gasteiger partial charge in [0.1, 0.15) is 0 Å². The highest BCUT2D eigenvalue weighted by Crippen LogP contribution is 2.32. The number of hydrogen-bond donors (Lipinski definition) is 2. The van der Waals surface area contributed by atoms with Gasteiger partial charge in [-0.25, -0.2) is 0 Å². The first-order valence-electron chi connectivity index (χ1n) is 6.14. The summed E-state index contributed by atoms with van der Waals surface area (Å²) in [4.78, 5) is 0. The zero-order chi connectivity index (χ0) is 11.9. The summed E-state index contributed by atoms with van der Waals surface area (Å²) in [6.45, 7) is 3.48. The average Bonchev–Trinajstić information content (AvgIpc) is 2.81. The average molecular weight is 236 g/mol. The Kier molecular flexibility index (Phi) is 4.64. The van der Waals surface area contributed by atoms with Gasteiger partial charge >= 0.3 is 0 Å². The molecule has 0 fully saturated rings. The summed E-state index contributed by atoms with van der Waals surface area (Å²) < 4.78 is 10.6. The third-order valence-electron chi connectivity index (χ3n) is 2.81. The maximum Gasteiger partial charge on any atom is 0.231 e. The van der Waals surface area contributed by atoms with E-state index in [4.69, 9.17) is 9.47 Å². The number of ether oxygens (including phenoxy) is 2. The van der Waals surface area contributed by atoms with E-state index >= 15 is 0 Å². The molecule has 0 aromatic heterocycles. The first-order valence-corrected chi connectivity index (χ1v) is 6.14. The van der Waals surface area contributed by atoms with Crippen molar-refractivity contribution in [2.75, 3.05) is 33.5 Å². The molecule has 0 unspecified atom stereocenters. The van der Waals surface area contributed by atoms with Crippen LogP contribution in [0.1, 0.15) is 12.0 Å². The van der Waals surface area contributed by atoms with Gasteiger partial charge in [0, 0.05) is 0 Å². The Morgan fingerprint density at radius 2 is 2.00 bits per heavy atom. The molecule has 1 heterocycles. The van der Waals surface area contributed by atoms with Gasteiger partial charge in [-0.15, -0.1) is 0 Å². The highest BCUT2D eigenvalue weighted by Gasteiger charge is 2.12. The van der Waals surface area contributed by atoms with E-state index in [1.54, 1.807) is 0 Å². The van der Waals surface area contributed by atoms with E-state index in [1.165, 1.54) is 5.56 Å². The van der Waals surface area contributed by atoms with Crippen molar-refractivity contribution in [2.45, 2.75) is 12.8 Å². The van der Waals surface area contributed by atoms with Crippen LogP contribution < -0.4 is 20.1 Å². The van der Waals surface area contributed by atoms with E-state index in [0.29, 0.717) is 6.79 Å². The molecule has 1 aromatic rings. The van der Waals surface area contributed by atoms with E-state index in [9.17, 15) is 0 Å². The number of nitrogens with one attached hydrogen (secondary N) is 2. The minimum atomic E-state index is 0.348. The summed E-state index contributed by atoms with van der Waals surface area (Å²) >= 11 is 0. The second-order valence-electron chi connectivity index (χ2n) is 4.14. The second kappa shape index (κ2) is 6.47. The molecule has 4 heteroatoms. The first kappa shape index (κ1) is 12.2. The van der Waals surface area contributed by atoms with Crippen molar-refractivity contribution in [3.8, 4) is 11.5 Å². The number of hydrogen-bond acceptors (Lipinski definition) is 4. The van der Waals surface area contributed by atoms with E-state index in [1.807, 2.05) is 13.1 Å². The summed E-state index contributed by atoms with van der Waals surface area (Å²) in [6.07, 6.45) is 2.19. The summed E-state index contributed by atoms with van der Waals surface area (Å²) in [5.41, 5.74) is 1.29. The van der Waals surface area contributed by atoms with Crippen LogP contribution in [0, 0.1) is 0 Å². The topological polar surface area (TPSA) is 42.5 Å². The van der Waals surface area contributed by atoms with Crippen molar-refractivity contribution in [1.29, 1.82) is 0 Å². The van der Waals surface area contributed by atoms with Crippen LogP contribution in [0.4, 0.5) is 0 Å². The van der Waals surface area contributed by atoms with Crippen LogP contribution in [0.2, 0.25) is 0 Å². The van der Waals surface area contributed by atoms with Gasteiger partial charge in [-0.3, -0.25) is 0 Å². The fourth-order valence-corrected chi connectivity index (χ4v) is 1.84. The molecule has 1 aliphatic rings. The molecule has 2 rings (SSSR count). The molecule has 0 saturated carbocycles. The molecule has 0 saturated heterocycles. The van der Waals surface area contributed by atoms with Gasteiger partial charge in [0.25, 0.3) is 0 Å². The third-order valence-corrected chi connectivity index (χ3v) is 2.81. The molecule has 0 radical (unpaired) electrons. The van der Waals surface area contributed by atoms with Crippen LogP contribution in [-0.2, 0) is 6.42 Å². The molecule has 0 aliphatic carbocycles. The Morgan fingerprint density at radius 1 is 1.12 bits per heavy atom. The van der Waals surface area contributed by atoms with Crippen molar-refractivity contribution >= 4 is 0 Å². The molecule has 17 heavy (non-hydrogen) atoms. The molecule has 1 aliphatic heterocycles. The molecule has 2 N–H and O–H groups in total. The van der Waals surface area contributed by atoms with Gasteiger partial charge in [-0.1, -0.05) is 6.07 Å². The molecular formula is C13H20N2O2. The van der Waals surface area contributed by atoms with Crippen LogP contribution in [0.5, 0.6) is 11.5 Å². The zero-order valence-electron chi connectivity index (χ0n) is 10.3. The highest BCUT2D eigenvalue weighted by atomic mass is 16.7. The fourth-order valence-electron chi connectivity index (χ4n) is 1.84. The Hall–Kier alpha value is -1.26. The Labute approximate surface area is 102 Å². The predicted molar refractivity (Wildman–Crippen MR) is 67.7 cm³/mol. The first-order chi connectivity index (χ1) is 8.40. The smallest absolute Gasteiger partial charge is 0.231 e. The van der Waals surface area contributed by atoms with Crippen molar-refractivity contribution in [3.63, 3.8) is 0 Å². The second-order valence-corrected chi connectivity index (χ2v) is 4.14. The molecule has 94 valence electrons. The predicted octanol–water partition coefficient (Wildman–Crippen LogP) is 1.16. The van der Waals surface area contributed by atoms with Crippen molar-refractivity contribution in [1.82, 2.24) is 10.6 Å². The highest BCUT2D eigenvalue weighted by molar-refractivity contribution is 5.44. The standard InChI is InChI=1S/C13H20N2O2/c1-14-6-2-7-15-8-5-11-3-4-12-13(9-11)17-10-16-12/h3-4,9,14-15H,2,5-8,10H2,1H3. The summed E-state index contributed by atoms with van der Waals surface area (Å²) in [5, 5.41) is 6.56. The third kappa shape index (κ3) is 3.61. The fraction of sp³-hybridized carbons (Fsp3) is 0.538. The lowest BCUT2D eigenvalue weighted by Crippen LogP contribution is -2.21.